The van der Waals surface area contributed by atoms with Gasteiger partial charge in [0.25, 0.3) is 0 Å². The average Bonchev–Trinajstić information content (AvgIpc) is 2.31. The highest BCUT2D eigenvalue weighted by molar-refractivity contribution is 8.00. The summed E-state index contributed by atoms with van der Waals surface area (Å²) in [5.41, 5.74) is 0. The van der Waals surface area contributed by atoms with Crippen LogP contribution in [0, 0.1) is 11.6 Å². The van der Waals surface area contributed by atoms with Gasteiger partial charge in [-0.15, -0.1) is 11.8 Å². The molecule has 0 atom stereocenters. The van der Waals surface area contributed by atoms with E-state index in [1.54, 1.807) is 6.92 Å². The van der Waals surface area contributed by atoms with Crippen LogP contribution in [-0.2, 0) is 9.53 Å². The van der Waals surface area contributed by atoms with Gasteiger partial charge in [-0.05, 0) is 25.1 Å². The molecule has 0 spiro atoms. The van der Waals surface area contributed by atoms with Crippen LogP contribution in [0.3, 0.4) is 0 Å². The number of amides is 2. The summed E-state index contributed by atoms with van der Waals surface area (Å²) < 4.78 is 30.0. The van der Waals surface area contributed by atoms with Gasteiger partial charge in [0.15, 0.2) is 11.6 Å². The Bertz CT molecular complexity index is 454. The molecule has 1 rings (SSSR count). The van der Waals surface area contributed by atoms with Crippen LogP contribution in [0.25, 0.3) is 0 Å². The van der Waals surface area contributed by atoms with Crippen molar-refractivity contribution >= 4 is 23.8 Å². The van der Waals surface area contributed by atoms with Gasteiger partial charge < -0.3 is 4.74 Å². The zero-order chi connectivity index (χ0) is 13.5. The second-order valence-electron chi connectivity index (χ2n) is 3.13. The minimum Gasteiger partial charge on any atom is -0.450 e. The van der Waals surface area contributed by atoms with E-state index >= 15 is 0 Å². The molecule has 0 saturated heterocycles. The van der Waals surface area contributed by atoms with Crippen LogP contribution in [0.2, 0.25) is 0 Å². The number of rotatable bonds is 4. The summed E-state index contributed by atoms with van der Waals surface area (Å²) in [6.45, 7) is 1.77. The molecule has 1 aromatic rings. The van der Waals surface area contributed by atoms with Crippen LogP contribution in [0.4, 0.5) is 13.6 Å². The third-order valence-corrected chi connectivity index (χ3v) is 2.77. The average molecular weight is 275 g/mol. The smallest absolute Gasteiger partial charge is 0.413 e. The minimum absolute atomic E-state index is 0.0934. The molecule has 0 aliphatic carbocycles. The second kappa shape index (κ2) is 6.95. The number of imide groups is 1. The third-order valence-electron chi connectivity index (χ3n) is 1.78. The lowest BCUT2D eigenvalue weighted by Gasteiger charge is -2.04. The molecule has 1 N–H and O–H groups in total. The van der Waals surface area contributed by atoms with Crippen molar-refractivity contribution in [1.29, 1.82) is 0 Å². The Balaban J connectivity index is 2.42. The summed E-state index contributed by atoms with van der Waals surface area (Å²) in [5.74, 6) is -2.59. The molecule has 4 nitrogen and oxygen atoms in total. The molecule has 7 heteroatoms. The Morgan fingerprint density at radius 1 is 1.33 bits per heavy atom. The number of hydrogen-bond acceptors (Lipinski definition) is 4. The number of carbonyl (C=O) groups is 2. The first kappa shape index (κ1) is 14.4. The van der Waals surface area contributed by atoms with Crippen LogP contribution < -0.4 is 5.32 Å². The van der Waals surface area contributed by atoms with Crippen molar-refractivity contribution in [3.63, 3.8) is 0 Å². The van der Waals surface area contributed by atoms with Crippen molar-refractivity contribution < 1.29 is 23.1 Å². The van der Waals surface area contributed by atoms with E-state index in [9.17, 15) is 18.4 Å². The van der Waals surface area contributed by atoms with Gasteiger partial charge in [-0.2, -0.15) is 0 Å². The first-order chi connectivity index (χ1) is 8.52. The lowest BCUT2D eigenvalue weighted by atomic mass is 10.3. The van der Waals surface area contributed by atoms with E-state index in [1.807, 2.05) is 5.32 Å². The van der Waals surface area contributed by atoms with E-state index in [2.05, 4.69) is 4.74 Å². The zero-order valence-electron chi connectivity index (χ0n) is 9.54. The van der Waals surface area contributed by atoms with Crippen molar-refractivity contribution in [2.24, 2.45) is 0 Å². The van der Waals surface area contributed by atoms with Gasteiger partial charge in [-0.3, -0.25) is 10.1 Å². The van der Waals surface area contributed by atoms with Gasteiger partial charge in [0.05, 0.1) is 12.4 Å². The molecule has 0 unspecified atom stereocenters. The second-order valence-corrected chi connectivity index (χ2v) is 4.18. The van der Waals surface area contributed by atoms with E-state index in [0.29, 0.717) is 4.90 Å². The third kappa shape index (κ3) is 4.70. The molecule has 0 aliphatic rings. The number of ether oxygens (including phenoxy) is 1. The zero-order valence-corrected chi connectivity index (χ0v) is 10.4. The number of hydrogen-bond donors (Lipinski definition) is 1. The van der Waals surface area contributed by atoms with E-state index in [1.165, 1.54) is 6.07 Å². The fourth-order valence-corrected chi connectivity index (χ4v) is 1.75. The monoisotopic (exact) mass is 275 g/mol. The fourth-order valence-electron chi connectivity index (χ4n) is 1.03. The van der Waals surface area contributed by atoms with Crippen LogP contribution >= 0.6 is 11.8 Å². The largest absolute Gasteiger partial charge is 0.450 e. The number of thioether (sulfide) groups is 1. The Labute approximate surface area is 107 Å². The molecule has 98 valence electrons. The minimum atomic E-state index is -0.981. The molecule has 1 aromatic carbocycles. The standard InChI is InChI=1S/C11H11F2NO3S/c1-2-17-11(16)14-10(15)6-18-7-3-4-8(12)9(13)5-7/h3-5H,2,6H2,1H3,(H,14,15,16). The maximum absolute atomic E-state index is 12.9. The molecule has 0 saturated carbocycles. The molecule has 0 aromatic heterocycles. The topological polar surface area (TPSA) is 55.4 Å². The highest BCUT2D eigenvalue weighted by atomic mass is 32.2. The van der Waals surface area contributed by atoms with Gasteiger partial charge >= 0.3 is 6.09 Å². The van der Waals surface area contributed by atoms with Crippen LogP contribution in [-0.4, -0.2) is 24.4 Å². The molecule has 0 radical (unpaired) electrons. The van der Waals surface area contributed by atoms with Crippen molar-refractivity contribution in [2.75, 3.05) is 12.4 Å². The van der Waals surface area contributed by atoms with E-state index < -0.39 is 23.6 Å². The highest BCUT2D eigenvalue weighted by Crippen LogP contribution is 2.19. The molecule has 18 heavy (non-hydrogen) atoms. The Kier molecular flexibility index (Phi) is 5.57. The molecular weight excluding hydrogens is 264 g/mol. The van der Waals surface area contributed by atoms with Crippen LogP contribution in [0.5, 0.6) is 0 Å². The number of alkyl carbamates (subject to hydrolysis) is 1. The SMILES string of the molecule is CCOC(=O)NC(=O)CSc1ccc(F)c(F)c1. The molecule has 0 bridgehead atoms. The quantitative estimate of drug-likeness (QED) is 0.857. The van der Waals surface area contributed by atoms with Gasteiger partial charge in [0.1, 0.15) is 0 Å². The summed E-state index contributed by atoms with van der Waals surface area (Å²) >= 11 is 0.985. The van der Waals surface area contributed by atoms with Gasteiger partial charge in [-0.25, -0.2) is 13.6 Å². The van der Waals surface area contributed by atoms with E-state index in [4.69, 9.17) is 0 Å². The summed E-state index contributed by atoms with van der Waals surface area (Å²) in [7, 11) is 0. The molecule has 0 aliphatic heterocycles. The molecule has 0 heterocycles. The number of benzene rings is 1. The molecular formula is C11H11F2NO3S. The van der Waals surface area contributed by atoms with Gasteiger partial charge in [-0.1, -0.05) is 0 Å². The number of nitrogens with one attached hydrogen (secondary N) is 1. The predicted octanol–water partition coefficient (Wildman–Crippen LogP) is 2.33. The van der Waals surface area contributed by atoms with Crippen molar-refractivity contribution in [3.05, 3.63) is 29.8 Å². The van der Waals surface area contributed by atoms with Crippen LogP contribution in [0.15, 0.2) is 23.1 Å². The lowest BCUT2D eigenvalue weighted by Crippen LogP contribution is -2.32. The highest BCUT2D eigenvalue weighted by Gasteiger charge is 2.09. The molecule has 2 amide bonds. The van der Waals surface area contributed by atoms with Crippen molar-refractivity contribution in [3.8, 4) is 0 Å². The Hall–Kier alpha value is -1.63. The number of halogens is 2. The Morgan fingerprint density at radius 3 is 2.67 bits per heavy atom. The van der Waals surface area contributed by atoms with Crippen LogP contribution in [0.1, 0.15) is 6.92 Å². The summed E-state index contributed by atoms with van der Waals surface area (Å²) in [5, 5.41) is 1.99. The predicted molar refractivity (Wildman–Crippen MR) is 62.2 cm³/mol. The fraction of sp³-hybridized carbons (Fsp3) is 0.273. The van der Waals surface area contributed by atoms with Crippen molar-refractivity contribution in [1.82, 2.24) is 5.32 Å². The molecule has 0 fully saturated rings. The maximum Gasteiger partial charge on any atom is 0.413 e. The number of carbonyl (C=O) groups excluding carboxylic acids is 2. The summed E-state index contributed by atoms with van der Waals surface area (Å²) in [6.07, 6.45) is -0.826. The van der Waals surface area contributed by atoms with Gasteiger partial charge in [0, 0.05) is 4.90 Å². The maximum atomic E-state index is 12.9. The summed E-state index contributed by atoms with van der Waals surface area (Å²) in [6, 6.07) is 3.30. The van der Waals surface area contributed by atoms with E-state index in [-0.39, 0.29) is 12.4 Å². The van der Waals surface area contributed by atoms with Crippen molar-refractivity contribution in [2.45, 2.75) is 11.8 Å². The lowest BCUT2D eigenvalue weighted by molar-refractivity contribution is -0.117. The summed E-state index contributed by atoms with van der Waals surface area (Å²) in [4.78, 5) is 22.5. The normalized spacial score (nSPS) is 9.94. The first-order valence-corrected chi connectivity index (χ1v) is 6.06. The first-order valence-electron chi connectivity index (χ1n) is 5.07. The Morgan fingerprint density at radius 2 is 2.06 bits per heavy atom. The van der Waals surface area contributed by atoms with Gasteiger partial charge in [0.2, 0.25) is 5.91 Å². The van der Waals surface area contributed by atoms with E-state index in [0.717, 1.165) is 23.9 Å².